The van der Waals surface area contributed by atoms with E-state index >= 15 is 0 Å². The normalized spacial score (nSPS) is 15.5. The highest BCUT2D eigenvalue weighted by Crippen LogP contribution is 2.22. The lowest BCUT2D eigenvalue weighted by molar-refractivity contribution is -0.121. The van der Waals surface area contributed by atoms with Gasteiger partial charge < -0.3 is 25.4 Å². The molecule has 7 heteroatoms. The van der Waals surface area contributed by atoms with E-state index < -0.39 is 24.7 Å². The van der Waals surface area contributed by atoms with Gasteiger partial charge >= 0.3 is 6.09 Å². The fourth-order valence-electron chi connectivity index (χ4n) is 3.97. The first kappa shape index (κ1) is 24.5. The highest BCUT2D eigenvalue weighted by atomic mass is 16.5. The molecular formula is C26H33N3O4. The van der Waals surface area contributed by atoms with Gasteiger partial charge in [-0.15, -0.1) is 6.58 Å². The molecule has 0 fully saturated rings. The summed E-state index contributed by atoms with van der Waals surface area (Å²) in [6, 6.07) is 14.5. The summed E-state index contributed by atoms with van der Waals surface area (Å²) in [6.07, 6.45) is 3.14. The first-order valence-electron chi connectivity index (χ1n) is 11.3. The fraction of sp³-hybridized carbons (Fsp3) is 0.385. The molecule has 0 radical (unpaired) electrons. The van der Waals surface area contributed by atoms with Gasteiger partial charge in [-0.25, -0.2) is 4.79 Å². The van der Waals surface area contributed by atoms with E-state index in [4.69, 9.17) is 4.74 Å². The predicted molar refractivity (Wildman–Crippen MR) is 129 cm³/mol. The summed E-state index contributed by atoms with van der Waals surface area (Å²) in [7, 11) is 2.11. The molecule has 3 rings (SSSR count). The average Bonchev–Trinajstić information content (AvgIpc) is 3.01. The number of nitrogens with one attached hydrogen (secondary N) is 2. The van der Waals surface area contributed by atoms with Crippen LogP contribution in [0.3, 0.4) is 0 Å². The number of anilines is 1. The number of nitrogens with zero attached hydrogens (tertiary/aromatic N) is 1. The van der Waals surface area contributed by atoms with Gasteiger partial charge in [-0.3, -0.25) is 4.79 Å². The zero-order chi connectivity index (χ0) is 23.6. The van der Waals surface area contributed by atoms with E-state index in [0.717, 1.165) is 31.5 Å². The predicted octanol–water partition coefficient (Wildman–Crippen LogP) is 3.14. The number of carbonyl (C=O) groups is 2. The van der Waals surface area contributed by atoms with Crippen molar-refractivity contribution in [2.75, 3.05) is 32.1 Å². The van der Waals surface area contributed by atoms with E-state index in [9.17, 15) is 14.7 Å². The third kappa shape index (κ3) is 7.17. The van der Waals surface area contributed by atoms with Gasteiger partial charge in [0.15, 0.2) is 0 Å². The third-order valence-corrected chi connectivity index (χ3v) is 5.96. The SMILES string of the molecule is C=CC[C@@H](C(=O)Nc1ccc2c(c1)CCN(C)CC2)[C@H](CO)NC(=O)OCc1ccccc1. The number of hydrogen-bond donors (Lipinski definition) is 3. The molecule has 176 valence electrons. The van der Waals surface area contributed by atoms with E-state index in [-0.39, 0.29) is 12.5 Å². The lowest BCUT2D eigenvalue weighted by Gasteiger charge is -2.25. The maximum absolute atomic E-state index is 13.1. The standard InChI is InChI=1S/C26H33N3O4/c1-3-7-23(24(17-30)28-26(32)33-18-19-8-5-4-6-9-19)25(31)27-22-11-10-20-12-14-29(2)15-13-21(20)16-22/h3-6,8-11,16,23-24,30H,1,7,12-15,17-18H2,2H3,(H,27,31)(H,28,32)/t23-,24+/m1/s1. The van der Waals surface area contributed by atoms with Crippen molar-refractivity contribution in [1.29, 1.82) is 0 Å². The Morgan fingerprint density at radius 1 is 1.15 bits per heavy atom. The monoisotopic (exact) mass is 451 g/mol. The summed E-state index contributed by atoms with van der Waals surface area (Å²) in [5.74, 6) is -0.982. The second-order valence-electron chi connectivity index (χ2n) is 8.40. The summed E-state index contributed by atoms with van der Waals surface area (Å²) in [4.78, 5) is 27.7. The summed E-state index contributed by atoms with van der Waals surface area (Å²) in [5, 5.41) is 15.5. The molecule has 0 aromatic heterocycles. The van der Waals surface area contributed by atoms with Crippen LogP contribution < -0.4 is 10.6 Å². The molecule has 2 aromatic carbocycles. The van der Waals surface area contributed by atoms with Gasteiger partial charge in [0.05, 0.1) is 18.6 Å². The Morgan fingerprint density at radius 2 is 1.88 bits per heavy atom. The largest absolute Gasteiger partial charge is 0.445 e. The number of hydrogen-bond acceptors (Lipinski definition) is 5. The van der Waals surface area contributed by atoms with Gasteiger partial charge in [0, 0.05) is 18.8 Å². The smallest absolute Gasteiger partial charge is 0.407 e. The number of rotatable bonds is 9. The number of alkyl carbamates (subject to hydrolysis) is 1. The van der Waals surface area contributed by atoms with Crippen molar-refractivity contribution >= 4 is 17.7 Å². The molecule has 2 atom stereocenters. The van der Waals surface area contributed by atoms with Crippen LogP contribution in [0.15, 0.2) is 61.2 Å². The lowest BCUT2D eigenvalue weighted by Crippen LogP contribution is -2.47. The Bertz CT molecular complexity index is 948. The van der Waals surface area contributed by atoms with Gasteiger partial charge in [0.25, 0.3) is 0 Å². The van der Waals surface area contributed by atoms with Crippen LogP contribution in [0.25, 0.3) is 0 Å². The van der Waals surface area contributed by atoms with Gasteiger partial charge in [-0.05, 0) is 55.1 Å². The van der Waals surface area contributed by atoms with Gasteiger partial charge in [-0.2, -0.15) is 0 Å². The molecule has 2 aromatic rings. The molecule has 1 aliphatic rings. The number of carbonyl (C=O) groups excluding carboxylic acids is 2. The quantitative estimate of drug-likeness (QED) is 0.510. The van der Waals surface area contributed by atoms with E-state index in [2.05, 4.69) is 35.2 Å². The van der Waals surface area contributed by atoms with Crippen molar-refractivity contribution < 1.29 is 19.4 Å². The summed E-state index contributed by atoms with van der Waals surface area (Å²) < 4.78 is 5.25. The molecule has 0 saturated carbocycles. The van der Waals surface area contributed by atoms with Crippen LogP contribution in [0, 0.1) is 5.92 Å². The van der Waals surface area contributed by atoms with E-state index in [1.165, 1.54) is 11.1 Å². The molecule has 0 unspecified atom stereocenters. The van der Waals surface area contributed by atoms with Crippen LogP contribution in [0.5, 0.6) is 0 Å². The van der Waals surface area contributed by atoms with Crippen LogP contribution >= 0.6 is 0 Å². The molecule has 0 saturated heterocycles. The van der Waals surface area contributed by atoms with Gasteiger partial charge in [-0.1, -0.05) is 42.5 Å². The maximum atomic E-state index is 13.1. The van der Waals surface area contributed by atoms with E-state index in [0.29, 0.717) is 12.1 Å². The third-order valence-electron chi connectivity index (χ3n) is 5.96. The minimum Gasteiger partial charge on any atom is -0.445 e. The van der Waals surface area contributed by atoms with Crippen molar-refractivity contribution in [2.24, 2.45) is 5.92 Å². The molecule has 2 amide bonds. The zero-order valence-corrected chi connectivity index (χ0v) is 19.1. The lowest BCUT2D eigenvalue weighted by atomic mass is 9.95. The Morgan fingerprint density at radius 3 is 2.58 bits per heavy atom. The van der Waals surface area contributed by atoms with Crippen molar-refractivity contribution in [2.45, 2.75) is 31.9 Å². The molecule has 3 N–H and O–H groups in total. The second kappa shape index (κ2) is 12.2. The molecule has 1 heterocycles. The number of aliphatic hydroxyl groups is 1. The molecule has 0 spiro atoms. The summed E-state index contributed by atoms with van der Waals surface area (Å²) >= 11 is 0. The number of fused-ring (bicyclic) bond motifs is 1. The first-order chi connectivity index (χ1) is 16.0. The number of amides is 2. The van der Waals surface area contributed by atoms with Crippen LogP contribution in [0.1, 0.15) is 23.1 Å². The molecule has 0 bridgehead atoms. The van der Waals surface area contributed by atoms with E-state index in [1.54, 1.807) is 6.08 Å². The van der Waals surface area contributed by atoms with Crippen molar-refractivity contribution in [3.63, 3.8) is 0 Å². The Hall–Kier alpha value is -3.16. The number of benzene rings is 2. The van der Waals surface area contributed by atoms with Crippen LogP contribution in [-0.2, 0) is 29.0 Å². The fourth-order valence-corrected chi connectivity index (χ4v) is 3.97. The second-order valence-corrected chi connectivity index (χ2v) is 8.40. The van der Waals surface area contributed by atoms with Crippen LogP contribution in [0.2, 0.25) is 0 Å². The van der Waals surface area contributed by atoms with Crippen molar-refractivity contribution in [3.8, 4) is 0 Å². The minimum atomic E-state index is -0.805. The van der Waals surface area contributed by atoms with Gasteiger partial charge in [0.2, 0.25) is 5.91 Å². The van der Waals surface area contributed by atoms with Crippen LogP contribution in [-0.4, -0.2) is 54.8 Å². The molecule has 7 nitrogen and oxygen atoms in total. The Labute approximate surface area is 195 Å². The maximum Gasteiger partial charge on any atom is 0.407 e. The highest BCUT2D eigenvalue weighted by molar-refractivity contribution is 5.93. The Kier molecular flexibility index (Phi) is 9.04. The molecule has 1 aliphatic heterocycles. The molecule has 0 aliphatic carbocycles. The number of allylic oxidation sites excluding steroid dienone is 1. The Balaban J connectivity index is 1.63. The molecule has 33 heavy (non-hydrogen) atoms. The minimum absolute atomic E-state index is 0.105. The van der Waals surface area contributed by atoms with Crippen LogP contribution in [0.4, 0.5) is 10.5 Å². The number of likely N-dealkylation sites (N-methyl/N-ethyl adjacent to an activating group) is 1. The summed E-state index contributed by atoms with van der Waals surface area (Å²) in [6.45, 7) is 5.43. The first-order valence-corrected chi connectivity index (χ1v) is 11.3. The number of ether oxygens (including phenoxy) is 1. The molecular weight excluding hydrogens is 418 g/mol. The van der Waals surface area contributed by atoms with Crippen molar-refractivity contribution in [1.82, 2.24) is 10.2 Å². The number of aliphatic hydroxyl groups excluding tert-OH is 1. The summed E-state index contributed by atoms with van der Waals surface area (Å²) in [5.41, 5.74) is 4.10. The van der Waals surface area contributed by atoms with Gasteiger partial charge in [0.1, 0.15) is 6.61 Å². The van der Waals surface area contributed by atoms with Crippen molar-refractivity contribution in [3.05, 3.63) is 77.9 Å². The average molecular weight is 452 g/mol. The highest BCUT2D eigenvalue weighted by Gasteiger charge is 2.29. The van der Waals surface area contributed by atoms with E-state index in [1.807, 2.05) is 42.5 Å². The zero-order valence-electron chi connectivity index (χ0n) is 19.1. The topological polar surface area (TPSA) is 90.9 Å².